The fraction of sp³-hybridized carbons (Fsp3) is 0.574. The minimum atomic E-state index is -4.93. The van der Waals surface area contributed by atoms with Crippen molar-refractivity contribution >= 4 is 66.4 Å². The number of rotatable bonds is 38. The first-order valence-corrected chi connectivity index (χ1v) is 25.6. The highest BCUT2D eigenvalue weighted by molar-refractivity contribution is 7.46. The Morgan fingerprint density at radius 2 is 1.27 bits per heavy atom. The number of methoxy groups -OCH3 is 1. The third-order valence-electron chi connectivity index (χ3n) is 10.8. The summed E-state index contributed by atoms with van der Waals surface area (Å²) in [6, 6.07) is 5.38. The molecule has 0 saturated heterocycles. The molecule has 5 atom stereocenters. The summed E-state index contributed by atoms with van der Waals surface area (Å²) >= 11 is 0. The van der Waals surface area contributed by atoms with Gasteiger partial charge in [0.15, 0.2) is 0 Å². The van der Waals surface area contributed by atoms with Gasteiger partial charge in [-0.1, -0.05) is 49.6 Å². The normalized spacial score (nSPS) is 13.1. The number of phosphoric acid groups is 1. The number of ether oxygens (including phenoxy) is 4. The highest BCUT2D eigenvalue weighted by Crippen LogP contribution is 2.37. The molecule has 0 aliphatic carbocycles. The first kappa shape index (κ1) is 63.6. The molecule has 0 aliphatic heterocycles. The van der Waals surface area contributed by atoms with Crippen molar-refractivity contribution in [3.63, 3.8) is 0 Å². The monoisotopic (exact) mass is 1060 g/mol. The number of carbonyl (C=O) groups is 8. The van der Waals surface area contributed by atoms with Gasteiger partial charge >= 0.3 is 13.8 Å². The molecule has 410 valence electrons. The Bertz CT molecular complexity index is 2210. The molecule has 1 unspecified atom stereocenters. The summed E-state index contributed by atoms with van der Waals surface area (Å²) in [6.07, 6.45) is -0.427. The van der Waals surface area contributed by atoms with Gasteiger partial charge in [-0.15, -0.1) is 0 Å². The summed E-state index contributed by atoms with van der Waals surface area (Å²) in [5, 5.41) is 19.1. The number of esters is 1. The van der Waals surface area contributed by atoms with Gasteiger partial charge in [-0.25, -0.2) is 9.36 Å². The van der Waals surface area contributed by atoms with E-state index in [9.17, 15) is 52.7 Å². The SMILES string of the molecule is CCC(C)[C@H](NC(=O)[C@H](CCC(C)=O)NC(=O)[C@H](CCC(=O)Nc1ccc(N=[N+]=[N-])cc1)NC(=O)[C@H](Cc1ccc(OP(=O)(O)O)cc1)NC(=O)CCC(=O)NCCCOCCOCCOCCCN)C(=O)OC. The van der Waals surface area contributed by atoms with E-state index in [1.807, 2.05) is 0 Å². The average Bonchev–Trinajstić information content (AvgIpc) is 3.36. The van der Waals surface area contributed by atoms with Crippen molar-refractivity contribution < 1.29 is 76.2 Å². The maximum atomic E-state index is 14.3. The molecule has 2 rings (SSSR count). The summed E-state index contributed by atoms with van der Waals surface area (Å²) in [4.78, 5) is 128. The Morgan fingerprint density at radius 3 is 1.82 bits per heavy atom. The maximum absolute atomic E-state index is 14.3. The lowest BCUT2D eigenvalue weighted by Crippen LogP contribution is -2.58. The quantitative estimate of drug-likeness (QED) is 0.0116. The molecule has 2 aromatic carbocycles. The Balaban J connectivity index is 2.32. The molecule has 2 aromatic rings. The van der Waals surface area contributed by atoms with Crippen molar-refractivity contribution in [1.29, 1.82) is 0 Å². The molecule has 0 heterocycles. The predicted octanol–water partition coefficient (Wildman–Crippen LogP) is 2.27. The Kier molecular flexibility index (Phi) is 30.6. The second-order valence-corrected chi connectivity index (χ2v) is 18.0. The van der Waals surface area contributed by atoms with E-state index in [4.69, 9.17) is 30.2 Å². The van der Waals surface area contributed by atoms with Gasteiger partial charge in [0.05, 0.1) is 33.5 Å². The lowest BCUT2D eigenvalue weighted by atomic mass is 9.98. The van der Waals surface area contributed by atoms with Gasteiger partial charge in [-0.05, 0) is 80.4 Å². The van der Waals surface area contributed by atoms with Gasteiger partial charge in [0.2, 0.25) is 35.4 Å². The van der Waals surface area contributed by atoms with Crippen LogP contribution >= 0.6 is 7.82 Å². The van der Waals surface area contributed by atoms with Gasteiger partial charge in [-0.2, -0.15) is 0 Å². The standard InChI is InChI=1S/C47H71N10O16P/c1-5-31(2)43(47(65)69-4)55-45(63)37(17-8-32(3)58)53-44(62)38(18-19-41(60)51-34-11-13-35(14-12-34)56-57-49)54-46(64)39(30-33-9-15-36(16-10-33)73-74(66,67)68)52-42(61)21-20-40(59)50-23-7-25-71-27-29-72-28-26-70-24-6-22-48/h9-16,31,37-39,43H,5-8,17-30,48H2,1-4H3,(H,50,59)(H,51,60)(H,52,61)(H,53,62)(H,54,64)(H,55,63)(H2,66,67,68)/t31?,37-,38-,39-,43-/m0/s1. The molecule has 74 heavy (non-hydrogen) atoms. The summed E-state index contributed by atoms with van der Waals surface area (Å²) in [5.41, 5.74) is 15.1. The van der Waals surface area contributed by atoms with Gasteiger partial charge in [0.1, 0.15) is 35.7 Å². The van der Waals surface area contributed by atoms with E-state index in [0.29, 0.717) is 70.3 Å². The van der Waals surface area contributed by atoms with E-state index < -0.39 is 92.2 Å². The van der Waals surface area contributed by atoms with Crippen molar-refractivity contribution in [1.82, 2.24) is 26.6 Å². The lowest BCUT2D eigenvalue weighted by molar-refractivity contribution is -0.147. The van der Waals surface area contributed by atoms with Crippen LogP contribution in [0.2, 0.25) is 0 Å². The zero-order chi connectivity index (χ0) is 54.9. The van der Waals surface area contributed by atoms with Gasteiger partial charge in [0, 0.05) is 68.1 Å². The number of azide groups is 1. The van der Waals surface area contributed by atoms with Crippen LogP contribution in [-0.2, 0) is 68.3 Å². The highest BCUT2D eigenvalue weighted by Gasteiger charge is 2.34. The number of ketones is 1. The number of nitrogens with zero attached hydrogens (tertiary/aromatic N) is 3. The first-order valence-electron chi connectivity index (χ1n) is 24.1. The van der Waals surface area contributed by atoms with Crippen LogP contribution in [-0.4, -0.2) is 141 Å². The number of carbonyl (C=O) groups excluding carboxylic acids is 8. The number of hydrogen-bond acceptors (Lipinski definition) is 16. The van der Waals surface area contributed by atoms with Crippen LogP contribution in [0.25, 0.3) is 10.4 Å². The predicted molar refractivity (Wildman–Crippen MR) is 268 cm³/mol. The van der Waals surface area contributed by atoms with Gasteiger partial charge in [0.25, 0.3) is 0 Å². The van der Waals surface area contributed by atoms with Crippen LogP contribution in [0, 0.1) is 5.92 Å². The van der Waals surface area contributed by atoms with E-state index >= 15 is 0 Å². The van der Waals surface area contributed by atoms with Crippen LogP contribution < -0.4 is 42.2 Å². The molecule has 0 spiro atoms. The fourth-order valence-corrected chi connectivity index (χ4v) is 7.02. The number of benzene rings is 2. The molecule has 0 bridgehead atoms. The second-order valence-electron chi connectivity index (χ2n) is 16.8. The molecular weight excluding hydrogens is 992 g/mol. The summed E-state index contributed by atoms with van der Waals surface area (Å²) in [6.45, 7) is 8.03. The summed E-state index contributed by atoms with van der Waals surface area (Å²) in [5.74, 6) is -6.30. The van der Waals surface area contributed by atoms with Crippen LogP contribution in [0.4, 0.5) is 11.4 Å². The minimum Gasteiger partial charge on any atom is -0.467 e. The third kappa shape index (κ3) is 27.5. The number of hydrogen-bond donors (Lipinski definition) is 9. The number of amides is 6. The zero-order valence-electron chi connectivity index (χ0n) is 42.2. The van der Waals surface area contributed by atoms with Gasteiger partial charge in [-0.3, -0.25) is 38.6 Å². The Morgan fingerprint density at radius 1 is 0.716 bits per heavy atom. The Labute approximate surface area is 429 Å². The zero-order valence-corrected chi connectivity index (χ0v) is 43.1. The number of nitrogens with one attached hydrogen (secondary N) is 6. The Hall–Kier alpha value is -6.50. The largest absolute Gasteiger partial charge is 0.524 e. The molecule has 0 aliphatic rings. The van der Waals surface area contributed by atoms with Crippen molar-refractivity contribution in [2.75, 3.05) is 65.2 Å². The molecule has 26 nitrogen and oxygen atoms in total. The molecule has 0 aromatic heterocycles. The number of nitrogens with two attached hydrogens (primary N) is 1. The van der Waals surface area contributed by atoms with Crippen LogP contribution in [0.5, 0.6) is 5.75 Å². The molecule has 10 N–H and O–H groups in total. The molecule has 27 heteroatoms. The number of anilines is 1. The molecule has 0 saturated carbocycles. The van der Waals surface area contributed by atoms with Crippen molar-refractivity contribution in [3.05, 3.63) is 64.5 Å². The topological polar surface area (TPSA) is 387 Å². The number of Topliss-reactive ketones (excluding diaryl/α,β-unsaturated/α-hetero) is 1. The molecule has 0 radical (unpaired) electrons. The smallest absolute Gasteiger partial charge is 0.467 e. The van der Waals surface area contributed by atoms with Crippen LogP contribution in [0.15, 0.2) is 53.6 Å². The van der Waals surface area contributed by atoms with Crippen molar-refractivity contribution in [2.45, 2.75) is 109 Å². The molecule has 0 fully saturated rings. The fourth-order valence-electron chi connectivity index (χ4n) is 6.62. The van der Waals surface area contributed by atoms with E-state index in [1.54, 1.807) is 13.8 Å². The minimum absolute atomic E-state index is 0.176. The van der Waals surface area contributed by atoms with Crippen molar-refractivity contribution in [2.24, 2.45) is 16.8 Å². The number of phosphoric ester groups is 1. The van der Waals surface area contributed by atoms with Crippen LogP contribution in [0.1, 0.15) is 84.1 Å². The van der Waals surface area contributed by atoms with E-state index in [0.717, 1.165) is 13.5 Å². The van der Waals surface area contributed by atoms with E-state index in [2.05, 4.69) is 46.5 Å². The second kappa shape index (κ2) is 35.6. The van der Waals surface area contributed by atoms with Gasteiger partial charge < -0.3 is 65.9 Å². The maximum Gasteiger partial charge on any atom is 0.524 e. The van der Waals surface area contributed by atoms with Crippen molar-refractivity contribution in [3.8, 4) is 5.75 Å². The van der Waals surface area contributed by atoms with E-state index in [-0.39, 0.29) is 55.9 Å². The third-order valence-corrected chi connectivity index (χ3v) is 11.3. The molecular formula is C47H71N10O16P. The van der Waals surface area contributed by atoms with E-state index in [1.165, 1.54) is 55.5 Å². The first-order chi connectivity index (χ1) is 35.3. The lowest BCUT2D eigenvalue weighted by Gasteiger charge is -2.27. The molecule has 6 amide bonds. The average molecular weight is 1060 g/mol. The van der Waals surface area contributed by atoms with Crippen LogP contribution in [0.3, 0.4) is 0 Å². The summed E-state index contributed by atoms with van der Waals surface area (Å²) in [7, 11) is -3.78. The summed E-state index contributed by atoms with van der Waals surface area (Å²) < 4.78 is 37.2. The highest BCUT2D eigenvalue weighted by atomic mass is 31.2.